The number of fused-ring (bicyclic) bond motifs is 2. The Hall–Kier alpha value is -3.02. The molecule has 0 bridgehead atoms. The standard InChI is InChI=1S/C21H26N6/c22-14-8-10-16-18(12-14)26-20(24-16)6-4-2-1-3-5-7-21-25-17-11-9-15(23)13-19(17)27-21/h8-13H,1-7,22-23H2,(H,24,26)(H,25,27). The Balaban J connectivity index is 1.16. The van der Waals surface area contributed by atoms with Crippen molar-refractivity contribution >= 4 is 33.4 Å². The van der Waals surface area contributed by atoms with Crippen LogP contribution in [-0.2, 0) is 12.8 Å². The van der Waals surface area contributed by atoms with Gasteiger partial charge in [0.15, 0.2) is 0 Å². The first-order chi connectivity index (χ1) is 13.2. The number of nitrogens with zero attached hydrogens (tertiary/aromatic N) is 2. The second-order valence-corrected chi connectivity index (χ2v) is 7.19. The van der Waals surface area contributed by atoms with Crippen LogP contribution in [0.4, 0.5) is 11.4 Å². The molecule has 0 fully saturated rings. The smallest absolute Gasteiger partial charge is 0.107 e. The molecule has 2 heterocycles. The molecule has 2 aromatic carbocycles. The summed E-state index contributed by atoms with van der Waals surface area (Å²) in [6.45, 7) is 0. The highest BCUT2D eigenvalue weighted by Gasteiger charge is 2.04. The van der Waals surface area contributed by atoms with Crippen molar-refractivity contribution in [3.05, 3.63) is 48.0 Å². The number of aryl methyl sites for hydroxylation is 2. The topological polar surface area (TPSA) is 109 Å². The van der Waals surface area contributed by atoms with E-state index >= 15 is 0 Å². The molecule has 0 spiro atoms. The first kappa shape index (κ1) is 17.4. The molecule has 4 aromatic rings. The van der Waals surface area contributed by atoms with E-state index in [1.165, 1.54) is 19.3 Å². The summed E-state index contributed by atoms with van der Waals surface area (Å²) in [5.74, 6) is 2.11. The van der Waals surface area contributed by atoms with E-state index in [4.69, 9.17) is 11.5 Å². The maximum absolute atomic E-state index is 5.81. The van der Waals surface area contributed by atoms with Crippen molar-refractivity contribution in [3.8, 4) is 0 Å². The van der Waals surface area contributed by atoms with E-state index in [0.717, 1.165) is 70.8 Å². The molecule has 6 nitrogen and oxygen atoms in total. The highest BCUT2D eigenvalue weighted by atomic mass is 14.9. The molecule has 0 radical (unpaired) electrons. The van der Waals surface area contributed by atoms with Crippen LogP contribution in [0.15, 0.2) is 36.4 Å². The fourth-order valence-corrected chi connectivity index (χ4v) is 3.51. The highest BCUT2D eigenvalue weighted by molar-refractivity contribution is 5.79. The summed E-state index contributed by atoms with van der Waals surface area (Å²) in [6, 6.07) is 11.6. The third-order valence-corrected chi connectivity index (χ3v) is 4.94. The predicted molar refractivity (Wildman–Crippen MR) is 112 cm³/mol. The van der Waals surface area contributed by atoms with Crippen LogP contribution in [0.3, 0.4) is 0 Å². The van der Waals surface area contributed by atoms with Crippen molar-refractivity contribution in [1.82, 2.24) is 19.9 Å². The minimum atomic E-state index is 0.769. The molecule has 0 aliphatic rings. The monoisotopic (exact) mass is 362 g/mol. The second-order valence-electron chi connectivity index (χ2n) is 7.19. The number of rotatable bonds is 8. The van der Waals surface area contributed by atoms with E-state index in [0.29, 0.717) is 0 Å². The molecule has 140 valence electrons. The van der Waals surface area contributed by atoms with Crippen molar-refractivity contribution in [2.45, 2.75) is 44.9 Å². The van der Waals surface area contributed by atoms with Gasteiger partial charge in [-0.2, -0.15) is 0 Å². The first-order valence-corrected chi connectivity index (χ1v) is 9.65. The Kier molecular flexibility index (Phi) is 4.96. The number of nitrogens with one attached hydrogen (secondary N) is 2. The number of H-pyrrole nitrogens is 2. The molecule has 0 aliphatic carbocycles. The van der Waals surface area contributed by atoms with Crippen LogP contribution < -0.4 is 11.5 Å². The van der Waals surface area contributed by atoms with Gasteiger partial charge in [0, 0.05) is 24.2 Å². The number of aromatic amines is 2. The van der Waals surface area contributed by atoms with E-state index in [2.05, 4.69) is 19.9 Å². The molecule has 6 N–H and O–H groups in total. The maximum atomic E-state index is 5.81. The fourth-order valence-electron chi connectivity index (χ4n) is 3.51. The predicted octanol–water partition coefficient (Wildman–Crippen LogP) is 4.34. The molecule has 6 heteroatoms. The summed E-state index contributed by atoms with van der Waals surface area (Å²) in [4.78, 5) is 16.0. The van der Waals surface area contributed by atoms with Gasteiger partial charge < -0.3 is 21.4 Å². The lowest BCUT2D eigenvalue weighted by Gasteiger charge is -2.00. The summed E-state index contributed by atoms with van der Waals surface area (Å²) < 4.78 is 0. The number of nitrogen functional groups attached to an aromatic ring is 2. The SMILES string of the molecule is Nc1ccc2nc(CCCCCCCc3nc4ccc(N)cc4[nH]3)[nH]c2c1. The van der Waals surface area contributed by atoms with E-state index < -0.39 is 0 Å². The van der Waals surface area contributed by atoms with Gasteiger partial charge in [-0.05, 0) is 49.2 Å². The summed E-state index contributed by atoms with van der Waals surface area (Å²) in [6.07, 6.45) is 7.95. The average molecular weight is 362 g/mol. The number of hydrogen-bond acceptors (Lipinski definition) is 4. The number of imidazole rings is 2. The molecule has 27 heavy (non-hydrogen) atoms. The van der Waals surface area contributed by atoms with Crippen molar-refractivity contribution in [3.63, 3.8) is 0 Å². The van der Waals surface area contributed by atoms with Crippen LogP contribution in [0, 0.1) is 0 Å². The molecule has 0 saturated heterocycles. The molecule has 0 unspecified atom stereocenters. The number of unbranched alkanes of at least 4 members (excludes halogenated alkanes) is 4. The second kappa shape index (κ2) is 7.70. The molecular weight excluding hydrogens is 336 g/mol. The Morgan fingerprint density at radius 1 is 0.630 bits per heavy atom. The molecule has 0 atom stereocenters. The van der Waals surface area contributed by atoms with Crippen molar-refractivity contribution in [2.75, 3.05) is 11.5 Å². The summed E-state index contributed by atoms with van der Waals surface area (Å²) in [5.41, 5.74) is 17.2. The minimum absolute atomic E-state index is 0.769. The Labute approximate surface area is 158 Å². The van der Waals surface area contributed by atoms with Gasteiger partial charge >= 0.3 is 0 Å². The minimum Gasteiger partial charge on any atom is -0.399 e. The van der Waals surface area contributed by atoms with Gasteiger partial charge in [-0.15, -0.1) is 0 Å². The molecule has 0 saturated carbocycles. The summed E-state index contributed by atoms with van der Waals surface area (Å²) >= 11 is 0. The van der Waals surface area contributed by atoms with Crippen LogP contribution in [0.1, 0.15) is 43.8 Å². The van der Waals surface area contributed by atoms with Gasteiger partial charge in [0.2, 0.25) is 0 Å². The van der Waals surface area contributed by atoms with E-state index in [1.54, 1.807) is 0 Å². The summed E-state index contributed by atoms with van der Waals surface area (Å²) in [5, 5.41) is 0. The zero-order valence-electron chi connectivity index (χ0n) is 15.5. The number of aromatic nitrogens is 4. The van der Waals surface area contributed by atoms with Gasteiger partial charge in [0.05, 0.1) is 22.1 Å². The van der Waals surface area contributed by atoms with Crippen molar-refractivity contribution in [1.29, 1.82) is 0 Å². The lowest BCUT2D eigenvalue weighted by atomic mass is 10.1. The Bertz CT molecular complexity index is 961. The zero-order chi connectivity index (χ0) is 18.6. The van der Waals surface area contributed by atoms with E-state index in [-0.39, 0.29) is 0 Å². The fraction of sp³-hybridized carbons (Fsp3) is 0.333. The van der Waals surface area contributed by atoms with Crippen LogP contribution in [0.5, 0.6) is 0 Å². The lowest BCUT2D eigenvalue weighted by Crippen LogP contribution is -1.91. The molecule has 4 rings (SSSR count). The molecular formula is C21H26N6. The van der Waals surface area contributed by atoms with Gasteiger partial charge in [-0.25, -0.2) is 9.97 Å². The van der Waals surface area contributed by atoms with Crippen molar-refractivity contribution in [2.24, 2.45) is 0 Å². The third-order valence-electron chi connectivity index (χ3n) is 4.94. The number of hydrogen-bond donors (Lipinski definition) is 4. The van der Waals surface area contributed by atoms with Gasteiger partial charge in [-0.3, -0.25) is 0 Å². The van der Waals surface area contributed by atoms with E-state index in [9.17, 15) is 0 Å². The Morgan fingerprint density at radius 2 is 1.07 bits per heavy atom. The quantitative estimate of drug-likeness (QED) is 0.276. The third kappa shape index (κ3) is 4.22. The maximum Gasteiger partial charge on any atom is 0.107 e. The number of anilines is 2. The molecule has 0 amide bonds. The largest absolute Gasteiger partial charge is 0.399 e. The van der Waals surface area contributed by atoms with Gasteiger partial charge in [0.1, 0.15) is 11.6 Å². The average Bonchev–Trinajstić information content (AvgIpc) is 3.23. The first-order valence-electron chi connectivity index (χ1n) is 9.65. The summed E-state index contributed by atoms with van der Waals surface area (Å²) in [7, 11) is 0. The zero-order valence-corrected chi connectivity index (χ0v) is 15.5. The normalized spacial score (nSPS) is 11.6. The van der Waals surface area contributed by atoms with E-state index in [1.807, 2.05) is 36.4 Å². The van der Waals surface area contributed by atoms with Gasteiger partial charge in [0.25, 0.3) is 0 Å². The van der Waals surface area contributed by atoms with Crippen LogP contribution >= 0.6 is 0 Å². The lowest BCUT2D eigenvalue weighted by molar-refractivity contribution is 0.603. The number of benzene rings is 2. The number of nitrogens with two attached hydrogens (primary N) is 2. The highest BCUT2D eigenvalue weighted by Crippen LogP contribution is 2.18. The van der Waals surface area contributed by atoms with Crippen molar-refractivity contribution < 1.29 is 0 Å². The molecule has 2 aromatic heterocycles. The van der Waals surface area contributed by atoms with Crippen LogP contribution in [-0.4, -0.2) is 19.9 Å². The Morgan fingerprint density at radius 3 is 1.56 bits per heavy atom. The van der Waals surface area contributed by atoms with Crippen LogP contribution in [0.2, 0.25) is 0 Å². The van der Waals surface area contributed by atoms with Gasteiger partial charge in [-0.1, -0.05) is 19.3 Å². The molecule has 0 aliphatic heterocycles. The van der Waals surface area contributed by atoms with Crippen LogP contribution in [0.25, 0.3) is 22.1 Å².